The second-order valence-electron chi connectivity index (χ2n) is 9.97. The number of hydrogen-bond acceptors (Lipinski definition) is 5. The molecule has 0 radical (unpaired) electrons. The number of aliphatic hydroxyl groups excluding tert-OH is 1. The maximum atomic E-state index is 17.0. The number of thioether (sulfide) groups is 1. The average Bonchev–Trinajstić information content (AvgIpc) is 2.76. The standard InChI is InChI=1S/C22H27FO4S/c1-18-8-7-13(24)9-12(18)5-6-14-15-10-20(3)22(28-4,17(26)27-20)19(15,2)11-16(25)21(14,18)23/h7-9,14-16,25H,5-6,10-11H2,1-4H3/t14-,15-,16-,18-,19-,20+,21-,22+/m0/s1. The SMILES string of the molecule is CS[C@@]12C(=O)O[C@]1(C)C[C@H]1[C@@H]3CCC4=CC(=O)C=C[C@]4(C)[C@@]3(F)[C@@H](O)C[C@@]12C. The zero-order valence-electron chi connectivity index (χ0n) is 16.8. The Hall–Kier alpha value is -1.14. The van der Waals surface area contributed by atoms with Crippen LogP contribution in [-0.2, 0) is 14.3 Å². The summed E-state index contributed by atoms with van der Waals surface area (Å²) in [5.41, 5.74) is -3.22. The summed E-state index contributed by atoms with van der Waals surface area (Å²) in [6, 6.07) is 0. The minimum absolute atomic E-state index is 0.0609. The number of hydrogen-bond donors (Lipinski definition) is 1. The number of halogens is 1. The van der Waals surface area contributed by atoms with E-state index in [2.05, 4.69) is 6.92 Å². The van der Waals surface area contributed by atoms with Gasteiger partial charge in [-0.05, 0) is 63.9 Å². The Morgan fingerprint density at radius 2 is 1.93 bits per heavy atom. The highest BCUT2D eigenvalue weighted by Gasteiger charge is 2.85. The van der Waals surface area contributed by atoms with Crippen molar-refractivity contribution in [2.45, 2.75) is 68.6 Å². The molecular formula is C22H27FO4S. The van der Waals surface area contributed by atoms with E-state index in [0.717, 1.165) is 5.57 Å². The molecule has 0 aromatic rings. The molecule has 5 rings (SSSR count). The number of allylic oxidation sites excluding steroid dienone is 4. The van der Waals surface area contributed by atoms with Crippen molar-refractivity contribution in [3.63, 3.8) is 0 Å². The maximum absolute atomic E-state index is 17.0. The summed E-state index contributed by atoms with van der Waals surface area (Å²) >= 11 is 1.51. The fourth-order valence-corrected chi connectivity index (χ4v) is 9.30. The maximum Gasteiger partial charge on any atom is 0.327 e. The summed E-state index contributed by atoms with van der Waals surface area (Å²) in [4.78, 5) is 24.6. The monoisotopic (exact) mass is 406 g/mol. The first-order valence-electron chi connectivity index (χ1n) is 10.1. The quantitative estimate of drug-likeness (QED) is 0.677. The molecule has 1 saturated heterocycles. The summed E-state index contributed by atoms with van der Waals surface area (Å²) in [7, 11) is 0. The van der Waals surface area contributed by atoms with Crippen LogP contribution in [0.5, 0.6) is 0 Å². The molecule has 8 atom stereocenters. The van der Waals surface area contributed by atoms with Gasteiger partial charge in [0.15, 0.2) is 16.2 Å². The number of ether oxygens (including phenoxy) is 1. The Bertz CT molecular complexity index is 869. The molecule has 1 aliphatic heterocycles. The first-order valence-corrected chi connectivity index (χ1v) is 11.3. The van der Waals surface area contributed by atoms with Crippen molar-refractivity contribution < 1.29 is 23.8 Å². The van der Waals surface area contributed by atoms with Gasteiger partial charge in [0.05, 0.1) is 6.10 Å². The van der Waals surface area contributed by atoms with Crippen LogP contribution in [0.15, 0.2) is 23.8 Å². The van der Waals surface area contributed by atoms with Gasteiger partial charge in [0.25, 0.3) is 0 Å². The fraction of sp³-hybridized carbons (Fsp3) is 0.727. The molecule has 5 aliphatic rings. The predicted molar refractivity (Wildman–Crippen MR) is 104 cm³/mol. The summed E-state index contributed by atoms with van der Waals surface area (Å²) in [6.07, 6.45) is 7.43. The molecule has 4 nitrogen and oxygen atoms in total. The van der Waals surface area contributed by atoms with Gasteiger partial charge in [-0.2, -0.15) is 0 Å². The molecule has 6 heteroatoms. The molecule has 4 aliphatic carbocycles. The number of carbonyl (C=O) groups is 2. The van der Waals surface area contributed by atoms with Gasteiger partial charge in [-0.1, -0.05) is 18.6 Å². The van der Waals surface area contributed by atoms with Crippen molar-refractivity contribution in [2.24, 2.45) is 22.7 Å². The van der Waals surface area contributed by atoms with E-state index in [4.69, 9.17) is 4.74 Å². The van der Waals surface area contributed by atoms with Crippen molar-refractivity contribution in [2.75, 3.05) is 6.26 Å². The molecule has 0 bridgehead atoms. The highest BCUT2D eigenvalue weighted by Crippen LogP contribution is 2.76. The molecule has 0 spiro atoms. The van der Waals surface area contributed by atoms with Gasteiger partial charge in [-0.15, -0.1) is 11.8 Å². The second kappa shape index (κ2) is 5.12. The zero-order chi connectivity index (χ0) is 20.3. The summed E-state index contributed by atoms with van der Waals surface area (Å²) in [5.74, 6) is -0.786. The normalized spacial score (nSPS) is 56.6. The van der Waals surface area contributed by atoms with Crippen molar-refractivity contribution in [3.8, 4) is 0 Å². The molecule has 0 unspecified atom stereocenters. The minimum Gasteiger partial charge on any atom is -0.456 e. The average molecular weight is 407 g/mol. The van der Waals surface area contributed by atoms with Crippen LogP contribution in [0.1, 0.15) is 46.5 Å². The van der Waals surface area contributed by atoms with Gasteiger partial charge in [0, 0.05) is 16.7 Å². The van der Waals surface area contributed by atoms with Crippen LogP contribution in [0.3, 0.4) is 0 Å². The van der Waals surface area contributed by atoms with Gasteiger partial charge >= 0.3 is 5.97 Å². The number of ketones is 1. The lowest BCUT2D eigenvalue weighted by molar-refractivity contribution is -0.214. The summed E-state index contributed by atoms with van der Waals surface area (Å²) in [6.45, 7) is 5.84. The van der Waals surface area contributed by atoms with E-state index in [1.807, 2.05) is 20.1 Å². The van der Waals surface area contributed by atoms with Crippen molar-refractivity contribution in [1.82, 2.24) is 0 Å². The van der Waals surface area contributed by atoms with Crippen LogP contribution in [0, 0.1) is 22.7 Å². The number of esters is 1. The Balaban J connectivity index is 1.66. The number of fused-ring (bicyclic) bond motifs is 7. The zero-order valence-corrected chi connectivity index (χ0v) is 17.6. The van der Waals surface area contributed by atoms with E-state index in [-0.39, 0.29) is 30.0 Å². The molecule has 28 heavy (non-hydrogen) atoms. The van der Waals surface area contributed by atoms with Crippen LogP contribution in [0.4, 0.5) is 4.39 Å². The van der Waals surface area contributed by atoms with Gasteiger partial charge in [0.1, 0.15) is 5.60 Å². The highest BCUT2D eigenvalue weighted by atomic mass is 32.2. The highest BCUT2D eigenvalue weighted by molar-refractivity contribution is 8.01. The summed E-state index contributed by atoms with van der Waals surface area (Å²) < 4.78 is 21.9. The fourth-order valence-electron chi connectivity index (χ4n) is 7.84. The lowest BCUT2D eigenvalue weighted by Crippen LogP contribution is -2.74. The number of rotatable bonds is 1. The number of aliphatic hydroxyl groups is 1. The van der Waals surface area contributed by atoms with Crippen LogP contribution in [0.2, 0.25) is 0 Å². The third-order valence-electron chi connectivity index (χ3n) is 9.10. The molecule has 3 saturated carbocycles. The van der Waals surface area contributed by atoms with Gasteiger partial charge in [-0.25, -0.2) is 4.39 Å². The largest absolute Gasteiger partial charge is 0.456 e. The minimum atomic E-state index is -1.86. The molecule has 152 valence electrons. The Labute approximate surface area is 169 Å². The van der Waals surface area contributed by atoms with E-state index in [0.29, 0.717) is 19.3 Å². The first-order chi connectivity index (χ1) is 13.0. The van der Waals surface area contributed by atoms with E-state index in [1.165, 1.54) is 17.8 Å². The van der Waals surface area contributed by atoms with Gasteiger partial charge in [0.2, 0.25) is 0 Å². The van der Waals surface area contributed by atoms with Crippen LogP contribution in [-0.4, -0.2) is 45.2 Å². The number of carbonyl (C=O) groups excluding carboxylic acids is 2. The molecule has 0 amide bonds. The lowest BCUT2D eigenvalue weighted by Gasteiger charge is -2.64. The Morgan fingerprint density at radius 1 is 1.21 bits per heavy atom. The Morgan fingerprint density at radius 3 is 2.57 bits per heavy atom. The van der Waals surface area contributed by atoms with Crippen LogP contribution in [0.25, 0.3) is 0 Å². The van der Waals surface area contributed by atoms with Crippen LogP contribution >= 0.6 is 11.8 Å². The van der Waals surface area contributed by atoms with Gasteiger partial charge < -0.3 is 9.84 Å². The van der Waals surface area contributed by atoms with Crippen LogP contribution < -0.4 is 0 Å². The molecule has 1 heterocycles. The number of alkyl halides is 1. The Kier molecular flexibility index (Phi) is 3.45. The van der Waals surface area contributed by atoms with Crippen molar-refractivity contribution in [3.05, 3.63) is 23.8 Å². The van der Waals surface area contributed by atoms with E-state index in [1.54, 1.807) is 12.2 Å². The predicted octanol–water partition coefficient (Wildman–Crippen LogP) is 3.38. The molecule has 1 N–H and O–H groups in total. The summed E-state index contributed by atoms with van der Waals surface area (Å²) in [5, 5.41) is 11.3. The molecule has 4 fully saturated rings. The molecule has 0 aromatic carbocycles. The molecular weight excluding hydrogens is 379 g/mol. The van der Waals surface area contributed by atoms with E-state index >= 15 is 4.39 Å². The topological polar surface area (TPSA) is 63.6 Å². The second-order valence-corrected chi connectivity index (χ2v) is 11.0. The molecule has 0 aromatic heterocycles. The van der Waals surface area contributed by atoms with Crippen molar-refractivity contribution >= 4 is 23.5 Å². The van der Waals surface area contributed by atoms with Crippen molar-refractivity contribution in [1.29, 1.82) is 0 Å². The third kappa shape index (κ3) is 1.64. The lowest BCUT2D eigenvalue weighted by atomic mass is 9.45. The van der Waals surface area contributed by atoms with E-state index in [9.17, 15) is 14.7 Å². The first kappa shape index (κ1) is 18.9. The third-order valence-corrected chi connectivity index (χ3v) is 10.8. The smallest absolute Gasteiger partial charge is 0.327 e. The van der Waals surface area contributed by atoms with Gasteiger partial charge in [-0.3, -0.25) is 9.59 Å². The van der Waals surface area contributed by atoms with E-state index < -0.39 is 33.0 Å².